The van der Waals surface area contributed by atoms with Crippen LogP contribution in [0.2, 0.25) is 5.02 Å². The van der Waals surface area contributed by atoms with Crippen LogP contribution in [0.5, 0.6) is 0 Å². The topological polar surface area (TPSA) is 62.7 Å². The Morgan fingerprint density at radius 2 is 1.69 bits per heavy atom. The molecule has 0 fully saturated rings. The highest BCUT2D eigenvalue weighted by atomic mass is 35.5. The number of urea groups is 1. The molecule has 0 aliphatic carbocycles. The summed E-state index contributed by atoms with van der Waals surface area (Å²) in [5.41, 5.74) is -0.0297. The predicted molar refractivity (Wildman–Crippen MR) is 121 cm³/mol. The maximum Gasteiger partial charge on any atom is 0.417 e. The van der Waals surface area contributed by atoms with Gasteiger partial charge in [0, 0.05) is 5.69 Å². The number of nitrogens with zero attached hydrogens (tertiary/aromatic N) is 1. The molecule has 0 bridgehead atoms. The molecule has 2 amide bonds. The van der Waals surface area contributed by atoms with Crippen LogP contribution < -0.4 is 10.6 Å². The van der Waals surface area contributed by atoms with Crippen molar-refractivity contribution in [3.05, 3.63) is 64.2 Å². The van der Waals surface area contributed by atoms with Gasteiger partial charge in [-0.05, 0) is 76.9 Å². The van der Waals surface area contributed by atoms with Gasteiger partial charge in [0.2, 0.25) is 0 Å². The maximum absolute atomic E-state index is 13.1. The maximum atomic E-state index is 13.1. The third-order valence-electron chi connectivity index (χ3n) is 4.41. The Kier molecular flexibility index (Phi) is 7.50. The Bertz CT molecular complexity index is 1010. The van der Waals surface area contributed by atoms with Crippen molar-refractivity contribution in [2.24, 2.45) is 5.16 Å². The molecular formula is C23H27ClF3N3O2. The first-order valence-electron chi connectivity index (χ1n) is 9.88. The van der Waals surface area contributed by atoms with E-state index in [1.807, 2.05) is 52.0 Å². The van der Waals surface area contributed by atoms with Crippen molar-refractivity contribution in [1.82, 2.24) is 5.32 Å². The summed E-state index contributed by atoms with van der Waals surface area (Å²) in [6.45, 7) is 11.1. The summed E-state index contributed by atoms with van der Waals surface area (Å²) >= 11 is 5.62. The van der Waals surface area contributed by atoms with Gasteiger partial charge in [0.1, 0.15) is 5.60 Å². The number of hydrogen-bond donors (Lipinski definition) is 2. The van der Waals surface area contributed by atoms with Crippen LogP contribution >= 0.6 is 11.6 Å². The fraction of sp³-hybridized carbons (Fsp3) is 0.391. The quantitative estimate of drug-likeness (QED) is 0.367. The monoisotopic (exact) mass is 469 g/mol. The van der Waals surface area contributed by atoms with Gasteiger partial charge in [0.05, 0.1) is 21.8 Å². The highest BCUT2D eigenvalue weighted by Crippen LogP contribution is 2.36. The number of hydrogen-bond acceptors (Lipinski definition) is 3. The van der Waals surface area contributed by atoms with E-state index in [4.69, 9.17) is 16.4 Å². The Labute approximate surface area is 191 Å². The van der Waals surface area contributed by atoms with Crippen LogP contribution in [0, 0.1) is 0 Å². The summed E-state index contributed by atoms with van der Waals surface area (Å²) in [6, 6.07) is 9.95. The van der Waals surface area contributed by atoms with E-state index in [0.717, 1.165) is 23.3 Å². The fourth-order valence-corrected chi connectivity index (χ4v) is 2.95. The van der Waals surface area contributed by atoms with E-state index < -0.39 is 33.9 Å². The number of rotatable bonds is 5. The second-order valence-corrected chi connectivity index (χ2v) is 9.26. The van der Waals surface area contributed by atoms with Crippen LogP contribution in [0.3, 0.4) is 0 Å². The Balaban J connectivity index is 2.17. The van der Waals surface area contributed by atoms with E-state index in [-0.39, 0.29) is 5.69 Å². The third-order valence-corrected chi connectivity index (χ3v) is 4.74. The zero-order valence-electron chi connectivity index (χ0n) is 18.8. The van der Waals surface area contributed by atoms with Crippen molar-refractivity contribution in [2.45, 2.75) is 58.9 Å². The van der Waals surface area contributed by atoms with Crippen molar-refractivity contribution in [3.8, 4) is 0 Å². The molecule has 2 aromatic rings. The lowest BCUT2D eigenvalue weighted by Crippen LogP contribution is -2.43. The number of nitrogens with one attached hydrogen (secondary N) is 2. The van der Waals surface area contributed by atoms with Crippen molar-refractivity contribution in [3.63, 3.8) is 0 Å². The first-order valence-corrected chi connectivity index (χ1v) is 10.3. The number of anilines is 1. The molecule has 0 saturated heterocycles. The summed E-state index contributed by atoms with van der Waals surface area (Å²) in [5.74, 6) is 0. The molecule has 0 spiro atoms. The van der Waals surface area contributed by atoms with E-state index >= 15 is 0 Å². The van der Waals surface area contributed by atoms with Gasteiger partial charge in [-0.1, -0.05) is 35.0 Å². The standard InChI is InChI=1S/C23H27ClF3N3O2/c1-14(30-32-21(2,3)4)15-8-7-9-16(12-15)22(5,6)29-20(31)28-17-10-11-19(24)18(13-17)23(25,26)27/h7-13H,1-6H3,(H2,28,29,31). The number of alkyl halides is 3. The number of carbonyl (C=O) groups excluding carboxylic acids is 1. The van der Waals surface area contributed by atoms with Gasteiger partial charge >= 0.3 is 12.2 Å². The largest absolute Gasteiger partial charge is 0.417 e. The summed E-state index contributed by atoms with van der Waals surface area (Å²) in [7, 11) is 0. The predicted octanol–water partition coefficient (Wildman–Crippen LogP) is 6.95. The molecule has 0 unspecified atom stereocenters. The van der Waals surface area contributed by atoms with Gasteiger partial charge in [0.25, 0.3) is 0 Å². The van der Waals surface area contributed by atoms with Crippen molar-refractivity contribution < 1.29 is 22.8 Å². The molecule has 0 aliphatic rings. The zero-order valence-corrected chi connectivity index (χ0v) is 19.6. The average molecular weight is 470 g/mol. The molecule has 9 heteroatoms. The summed E-state index contributed by atoms with van der Waals surface area (Å²) in [6.07, 6.45) is -4.62. The number of halogens is 4. The summed E-state index contributed by atoms with van der Waals surface area (Å²) < 4.78 is 39.2. The molecule has 2 rings (SSSR count). The van der Waals surface area contributed by atoms with Crippen molar-refractivity contribution in [1.29, 1.82) is 0 Å². The molecule has 2 N–H and O–H groups in total. The molecule has 0 atom stereocenters. The van der Waals surface area contributed by atoms with Gasteiger partial charge in [-0.25, -0.2) is 4.79 Å². The third kappa shape index (κ3) is 7.15. The minimum atomic E-state index is -4.62. The average Bonchev–Trinajstić information content (AvgIpc) is 2.66. The number of benzene rings is 2. The van der Waals surface area contributed by atoms with Crippen LogP contribution in [0.25, 0.3) is 0 Å². The SMILES string of the molecule is CC(=NOC(C)(C)C)c1cccc(C(C)(C)NC(=O)Nc2ccc(Cl)c(C(F)(F)F)c2)c1. The van der Waals surface area contributed by atoms with E-state index in [1.54, 1.807) is 13.8 Å². The lowest BCUT2D eigenvalue weighted by Gasteiger charge is -2.27. The lowest BCUT2D eigenvalue weighted by molar-refractivity contribution is -0.137. The second kappa shape index (κ2) is 9.40. The molecular weight excluding hydrogens is 443 g/mol. The summed E-state index contributed by atoms with van der Waals surface area (Å²) in [5, 5.41) is 8.93. The minimum Gasteiger partial charge on any atom is -0.390 e. The molecule has 0 heterocycles. The van der Waals surface area contributed by atoms with E-state index in [9.17, 15) is 18.0 Å². The Morgan fingerprint density at radius 1 is 1.03 bits per heavy atom. The first-order chi connectivity index (χ1) is 14.6. The smallest absolute Gasteiger partial charge is 0.390 e. The number of oxime groups is 1. The Hall–Kier alpha value is -2.74. The second-order valence-electron chi connectivity index (χ2n) is 8.86. The van der Waals surface area contributed by atoms with Crippen LogP contribution in [-0.2, 0) is 16.6 Å². The molecule has 174 valence electrons. The Morgan fingerprint density at radius 3 is 2.28 bits per heavy atom. The van der Waals surface area contributed by atoms with Crippen LogP contribution in [0.1, 0.15) is 58.2 Å². The molecule has 32 heavy (non-hydrogen) atoms. The van der Waals surface area contributed by atoms with Gasteiger partial charge in [0.15, 0.2) is 0 Å². The summed E-state index contributed by atoms with van der Waals surface area (Å²) in [4.78, 5) is 18.0. The zero-order chi connectivity index (χ0) is 24.3. The lowest BCUT2D eigenvalue weighted by atomic mass is 9.92. The van der Waals surface area contributed by atoms with Crippen LogP contribution in [0.4, 0.5) is 23.7 Å². The van der Waals surface area contributed by atoms with E-state index in [1.165, 1.54) is 6.07 Å². The normalized spacial score (nSPS) is 13.0. The van der Waals surface area contributed by atoms with Gasteiger partial charge in [-0.15, -0.1) is 0 Å². The molecule has 5 nitrogen and oxygen atoms in total. The molecule has 0 aliphatic heterocycles. The van der Waals surface area contributed by atoms with Crippen molar-refractivity contribution in [2.75, 3.05) is 5.32 Å². The highest BCUT2D eigenvalue weighted by molar-refractivity contribution is 6.31. The van der Waals surface area contributed by atoms with E-state index in [0.29, 0.717) is 5.71 Å². The molecule has 2 aromatic carbocycles. The van der Waals surface area contributed by atoms with E-state index in [2.05, 4.69) is 15.8 Å². The van der Waals surface area contributed by atoms with Crippen LogP contribution in [0.15, 0.2) is 47.6 Å². The fourth-order valence-electron chi connectivity index (χ4n) is 2.73. The molecule has 0 radical (unpaired) electrons. The van der Waals surface area contributed by atoms with Gasteiger partial charge in [-0.3, -0.25) is 0 Å². The van der Waals surface area contributed by atoms with Gasteiger partial charge < -0.3 is 15.5 Å². The number of amides is 2. The minimum absolute atomic E-state index is 0.0221. The highest BCUT2D eigenvalue weighted by Gasteiger charge is 2.33. The molecule has 0 saturated carbocycles. The molecule has 0 aromatic heterocycles. The van der Waals surface area contributed by atoms with Crippen molar-refractivity contribution >= 4 is 29.0 Å². The first kappa shape index (κ1) is 25.5. The van der Waals surface area contributed by atoms with Crippen LogP contribution in [-0.4, -0.2) is 17.3 Å². The van der Waals surface area contributed by atoms with Gasteiger partial charge in [-0.2, -0.15) is 13.2 Å². The number of carbonyl (C=O) groups is 1.